The minimum Gasteiger partial charge on any atom is -0.493 e. The second-order valence-corrected chi connectivity index (χ2v) is 7.20. The summed E-state index contributed by atoms with van der Waals surface area (Å²) in [6.45, 7) is -0.250. The molecule has 0 bridgehead atoms. The Hall–Kier alpha value is -4.85. The average Bonchev–Trinajstić information content (AvgIpc) is 3.46. The number of aromatic nitrogens is 3. The highest BCUT2D eigenvalue weighted by atomic mass is 16.6. The monoisotopic (exact) mass is 477 g/mol. The largest absolute Gasteiger partial charge is 0.493 e. The molecule has 4 aromatic rings. The van der Waals surface area contributed by atoms with Crippen molar-refractivity contribution >= 4 is 23.1 Å². The van der Waals surface area contributed by atoms with Crippen LogP contribution in [0.2, 0.25) is 0 Å². The van der Waals surface area contributed by atoms with Crippen LogP contribution >= 0.6 is 0 Å². The third-order valence-corrected chi connectivity index (χ3v) is 5.25. The van der Waals surface area contributed by atoms with Gasteiger partial charge in [0, 0.05) is 17.3 Å². The first kappa shape index (κ1) is 23.3. The van der Waals surface area contributed by atoms with Gasteiger partial charge in [0.2, 0.25) is 0 Å². The van der Waals surface area contributed by atoms with Crippen LogP contribution in [0, 0.1) is 11.3 Å². The molecule has 0 saturated heterocycles. The number of anilines is 2. The van der Waals surface area contributed by atoms with Gasteiger partial charge in [-0.05, 0) is 30.3 Å². The van der Waals surface area contributed by atoms with E-state index >= 15 is 0 Å². The molecule has 0 aliphatic heterocycles. The Morgan fingerprint density at radius 1 is 1.03 bits per heavy atom. The summed E-state index contributed by atoms with van der Waals surface area (Å²) in [4.78, 5) is 14.7. The topological polar surface area (TPSA) is 132 Å². The van der Waals surface area contributed by atoms with Gasteiger partial charge in [0.15, 0.2) is 41.1 Å². The second-order valence-electron chi connectivity index (χ2n) is 7.20. The van der Waals surface area contributed by atoms with Gasteiger partial charge in [-0.2, -0.15) is 14.9 Å². The number of methoxy groups -OCH3 is 4. The molecule has 0 spiro atoms. The van der Waals surface area contributed by atoms with Gasteiger partial charge in [0.05, 0.1) is 40.3 Å². The third kappa shape index (κ3) is 4.49. The Labute approximate surface area is 200 Å². The summed E-state index contributed by atoms with van der Waals surface area (Å²) in [5.41, 5.74) is 3.00. The maximum absolute atomic E-state index is 11.5. The highest BCUT2D eigenvalue weighted by molar-refractivity contribution is 5.82. The van der Waals surface area contributed by atoms with E-state index < -0.39 is 5.97 Å². The van der Waals surface area contributed by atoms with E-state index in [4.69, 9.17) is 18.9 Å². The van der Waals surface area contributed by atoms with Crippen molar-refractivity contribution in [2.75, 3.05) is 40.4 Å². The van der Waals surface area contributed by atoms with E-state index in [0.717, 1.165) is 5.56 Å². The normalized spacial score (nSPS) is 10.5. The van der Waals surface area contributed by atoms with Crippen molar-refractivity contribution in [2.45, 2.75) is 0 Å². The lowest BCUT2D eigenvalue weighted by atomic mass is 10.1. The number of aromatic amines is 1. The van der Waals surface area contributed by atoms with Crippen LogP contribution in [0.3, 0.4) is 0 Å². The van der Waals surface area contributed by atoms with Crippen molar-refractivity contribution in [3.63, 3.8) is 0 Å². The van der Waals surface area contributed by atoms with E-state index in [9.17, 15) is 10.1 Å². The summed E-state index contributed by atoms with van der Waals surface area (Å²) in [5.74, 6) is 2.01. The van der Waals surface area contributed by atoms with Crippen LogP contribution in [0.5, 0.6) is 23.0 Å². The number of H-pyrrole nitrogens is 1. The number of fused-ring (bicyclic) bond motifs is 1. The Morgan fingerprint density at radius 2 is 1.74 bits per heavy atom. The van der Waals surface area contributed by atoms with E-state index in [1.807, 2.05) is 6.07 Å². The number of nitriles is 1. The standard InChI is InChI=1S/C24H23N5O6/c1-31-17-8-6-16(10-20(17)33-3)27-24-22(28-23-15(11-25)12-26-29(23)24)14-5-7-18(19(9-14)32-2)35-13-21(30)34-4/h5-10,12,27-28H,13H2,1-4H3. The zero-order valence-electron chi connectivity index (χ0n) is 19.5. The molecule has 0 fully saturated rings. The van der Waals surface area contributed by atoms with Gasteiger partial charge >= 0.3 is 5.97 Å². The smallest absolute Gasteiger partial charge is 0.343 e. The summed E-state index contributed by atoms with van der Waals surface area (Å²) in [6, 6.07) is 12.8. The van der Waals surface area contributed by atoms with Crippen LogP contribution in [-0.4, -0.2) is 55.6 Å². The van der Waals surface area contributed by atoms with E-state index in [0.29, 0.717) is 51.4 Å². The average molecular weight is 477 g/mol. The van der Waals surface area contributed by atoms with Crippen molar-refractivity contribution in [1.82, 2.24) is 14.6 Å². The number of rotatable bonds is 9. The van der Waals surface area contributed by atoms with Crippen LogP contribution < -0.4 is 24.3 Å². The molecule has 0 amide bonds. The van der Waals surface area contributed by atoms with E-state index in [1.165, 1.54) is 20.4 Å². The molecule has 11 nitrogen and oxygen atoms in total. The third-order valence-electron chi connectivity index (χ3n) is 5.25. The first-order valence-electron chi connectivity index (χ1n) is 10.4. The Bertz CT molecular complexity index is 1420. The molecule has 2 aromatic carbocycles. The summed E-state index contributed by atoms with van der Waals surface area (Å²) < 4.78 is 27.9. The molecular formula is C24H23N5O6. The van der Waals surface area contributed by atoms with Crippen LogP contribution in [-0.2, 0) is 9.53 Å². The SMILES string of the molecule is COC(=O)COc1ccc(-c2[nH]c3c(C#N)cnn3c2Nc2ccc(OC)c(OC)c2)cc1OC. The summed E-state index contributed by atoms with van der Waals surface area (Å²) in [7, 11) is 5.92. The predicted molar refractivity (Wildman–Crippen MR) is 127 cm³/mol. The lowest BCUT2D eigenvalue weighted by Gasteiger charge is -2.13. The number of ether oxygens (including phenoxy) is 5. The molecule has 11 heteroatoms. The van der Waals surface area contributed by atoms with E-state index in [2.05, 4.69) is 26.2 Å². The second kappa shape index (κ2) is 9.96. The fourth-order valence-corrected chi connectivity index (χ4v) is 3.52. The number of nitrogens with zero attached hydrogens (tertiary/aromatic N) is 3. The van der Waals surface area contributed by atoms with Crippen molar-refractivity contribution < 1.29 is 28.5 Å². The molecule has 4 rings (SSSR count). The summed E-state index contributed by atoms with van der Waals surface area (Å²) in [6.07, 6.45) is 1.49. The highest BCUT2D eigenvalue weighted by Crippen LogP contribution is 2.38. The molecule has 0 saturated carbocycles. The maximum Gasteiger partial charge on any atom is 0.343 e. The molecule has 35 heavy (non-hydrogen) atoms. The van der Waals surface area contributed by atoms with Gasteiger partial charge in [-0.15, -0.1) is 0 Å². The van der Waals surface area contributed by atoms with Gasteiger partial charge in [-0.3, -0.25) is 0 Å². The van der Waals surface area contributed by atoms with E-state index in [1.54, 1.807) is 49.1 Å². The number of esters is 1. The fourth-order valence-electron chi connectivity index (χ4n) is 3.52. The van der Waals surface area contributed by atoms with Gasteiger partial charge in [-0.1, -0.05) is 0 Å². The van der Waals surface area contributed by atoms with Crippen LogP contribution in [0.25, 0.3) is 16.9 Å². The zero-order chi connectivity index (χ0) is 24.9. The molecule has 2 heterocycles. The molecule has 0 atom stereocenters. The van der Waals surface area contributed by atoms with Crippen LogP contribution in [0.1, 0.15) is 5.56 Å². The highest BCUT2D eigenvalue weighted by Gasteiger charge is 2.20. The summed E-state index contributed by atoms with van der Waals surface area (Å²) >= 11 is 0. The molecule has 180 valence electrons. The van der Waals surface area contributed by atoms with Gasteiger partial charge in [0.25, 0.3) is 0 Å². The fraction of sp³-hybridized carbons (Fsp3) is 0.208. The van der Waals surface area contributed by atoms with Crippen molar-refractivity contribution in [3.05, 3.63) is 48.2 Å². The number of hydrogen-bond acceptors (Lipinski definition) is 9. The van der Waals surface area contributed by atoms with Gasteiger partial charge < -0.3 is 34.0 Å². The molecule has 0 unspecified atom stereocenters. The maximum atomic E-state index is 11.5. The van der Waals surface area contributed by atoms with Crippen molar-refractivity contribution in [1.29, 1.82) is 5.26 Å². The minimum absolute atomic E-state index is 0.250. The quantitative estimate of drug-likeness (QED) is 0.347. The zero-order valence-corrected chi connectivity index (χ0v) is 19.5. The number of hydrogen-bond donors (Lipinski definition) is 2. The first-order valence-corrected chi connectivity index (χ1v) is 10.4. The van der Waals surface area contributed by atoms with Gasteiger partial charge in [-0.25, -0.2) is 4.79 Å². The number of carbonyl (C=O) groups excluding carboxylic acids is 1. The lowest BCUT2D eigenvalue weighted by Crippen LogP contribution is -2.12. The Kier molecular flexibility index (Phi) is 6.64. The van der Waals surface area contributed by atoms with Gasteiger partial charge in [0.1, 0.15) is 11.6 Å². The Balaban J connectivity index is 1.78. The number of carbonyl (C=O) groups is 1. The molecule has 0 aliphatic carbocycles. The number of nitrogens with one attached hydrogen (secondary N) is 2. The van der Waals surface area contributed by atoms with Crippen LogP contribution in [0.4, 0.5) is 11.5 Å². The van der Waals surface area contributed by atoms with E-state index in [-0.39, 0.29) is 6.61 Å². The molecule has 0 aliphatic rings. The number of imidazole rings is 1. The lowest BCUT2D eigenvalue weighted by molar-refractivity contribution is -0.142. The number of benzene rings is 2. The molecule has 2 N–H and O–H groups in total. The molecular weight excluding hydrogens is 454 g/mol. The van der Waals surface area contributed by atoms with Crippen molar-refractivity contribution in [2.24, 2.45) is 0 Å². The predicted octanol–water partition coefficient (Wildman–Crippen LogP) is 3.52. The van der Waals surface area contributed by atoms with Crippen molar-refractivity contribution in [3.8, 4) is 40.3 Å². The molecule has 2 aromatic heterocycles. The molecule has 0 radical (unpaired) electrons. The minimum atomic E-state index is -0.507. The van der Waals surface area contributed by atoms with Crippen LogP contribution in [0.15, 0.2) is 42.6 Å². The first-order chi connectivity index (χ1) is 17.0. The summed E-state index contributed by atoms with van der Waals surface area (Å²) in [5, 5.41) is 17.2. The Morgan fingerprint density at radius 3 is 2.43 bits per heavy atom.